The average Bonchev–Trinajstić information content (AvgIpc) is 3.13. The molecule has 2 aliphatic rings. The van der Waals surface area contributed by atoms with Crippen LogP contribution in [0.5, 0.6) is 17.2 Å². The lowest BCUT2D eigenvalue weighted by atomic mass is 9.85. The molecule has 0 saturated carbocycles. The number of piperidine rings is 1. The minimum Gasteiger partial charge on any atom is -0.497 e. The molecule has 9 nitrogen and oxygen atoms in total. The summed E-state index contributed by atoms with van der Waals surface area (Å²) in [5.41, 5.74) is 1.04. The van der Waals surface area contributed by atoms with Crippen LogP contribution in [0.15, 0.2) is 42.5 Å². The number of hydrogen-bond acceptors (Lipinski definition) is 7. The van der Waals surface area contributed by atoms with Crippen molar-refractivity contribution >= 4 is 11.9 Å². The second kappa shape index (κ2) is 12.2. The molecular formula is C29H35N3O6. The molecular weight excluding hydrogens is 486 g/mol. The highest BCUT2D eigenvalue weighted by Gasteiger charge is 2.57. The van der Waals surface area contributed by atoms with Crippen molar-refractivity contribution < 1.29 is 28.5 Å². The van der Waals surface area contributed by atoms with Gasteiger partial charge >= 0.3 is 6.03 Å². The van der Waals surface area contributed by atoms with Crippen LogP contribution in [0.2, 0.25) is 0 Å². The van der Waals surface area contributed by atoms with Crippen LogP contribution in [0.4, 0.5) is 4.79 Å². The summed E-state index contributed by atoms with van der Waals surface area (Å²) in [7, 11) is 4.79. The Balaban J connectivity index is 1.47. The number of terminal acetylenes is 1. The summed E-state index contributed by atoms with van der Waals surface area (Å²) in [5, 5.41) is 0. The van der Waals surface area contributed by atoms with Gasteiger partial charge in [0.25, 0.3) is 5.91 Å². The SMILES string of the molecule is C#CCOc1ccc(CN2CCC3(CC2)C(=O)N(Cc2cccc(OC)c2)C(=O)N3CCOC)cc1OC. The fraction of sp³-hybridized carbons (Fsp3) is 0.448. The molecule has 4 rings (SSSR count). The fourth-order valence-corrected chi connectivity index (χ4v) is 5.24. The van der Waals surface area contributed by atoms with Gasteiger partial charge in [-0.25, -0.2) is 4.79 Å². The fourth-order valence-electron chi connectivity index (χ4n) is 5.24. The monoisotopic (exact) mass is 521 g/mol. The van der Waals surface area contributed by atoms with E-state index >= 15 is 0 Å². The lowest BCUT2D eigenvalue weighted by molar-refractivity contribution is -0.136. The second-order valence-corrected chi connectivity index (χ2v) is 9.46. The van der Waals surface area contributed by atoms with Gasteiger partial charge in [0, 0.05) is 33.3 Å². The summed E-state index contributed by atoms with van der Waals surface area (Å²) >= 11 is 0. The molecule has 202 valence electrons. The normalized spacial score (nSPS) is 17.1. The van der Waals surface area contributed by atoms with Crippen molar-refractivity contribution in [2.45, 2.75) is 31.5 Å². The van der Waals surface area contributed by atoms with Gasteiger partial charge in [-0.3, -0.25) is 14.6 Å². The second-order valence-electron chi connectivity index (χ2n) is 9.46. The van der Waals surface area contributed by atoms with E-state index in [-0.39, 0.29) is 25.1 Å². The predicted octanol–water partition coefficient (Wildman–Crippen LogP) is 3.16. The van der Waals surface area contributed by atoms with Gasteiger partial charge in [-0.2, -0.15) is 0 Å². The van der Waals surface area contributed by atoms with E-state index in [2.05, 4.69) is 10.8 Å². The molecule has 0 N–H and O–H groups in total. The number of imide groups is 1. The maximum absolute atomic E-state index is 13.8. The van der Waals surface area contributed by atoms with Crippen LogP contribution in [-0.4, -0.2) is 86.4 Å². The van der Waals surface area contributed by atoms with Crippen molar-refractivity contribution in [3.05, 3.63) is 53.6 Å². The summed E-state index contributed by atoms with van der Waals surface area (Å²) in [4.78, 5) is 32.7. The highest BCUT2D eigenvalue weighted by Crippen LogP contribution is 2.38. The number of urea groups is 1. The highest BCUT2D eigenvalue weighted by molar-refractivity contribution is 6.07. The van der Waals surface area contributed by atoms with E-state index in [1.54, 1.807) is 26.2 Å². The largest absolute Gasteiger partial charge is 0.497 e. The van der Waals surface area contributed by atoms with Crippen LogP contribution >= 0.6 is 0 Å². The van der Waals surface area contributed by atoms with E-state index in [9.17, 15) is 9.59 Å². The van der Waals surface area contributed by atoms with Crippen molar-refractivity contribution in [2.75, 3.05) is 54.2 Å². The molecule has 1 spiro atoms. The molecule has 0 atom stereocenters. The molecule has 2 aromatic carbocycles. The Morgan fingerprint density at radius 2 is 1.71 bits per heavy atom. The first-order chi connectivity index (χ1) is 18.4. The smallest absolute Gasteiger partial charge is 0.328 e. The lowest BCUT2D eigenvalue weighted by Crippen LogP contribution is -2.57. The van der Waals surface area contributed by atoms with Gasteiger partial charge in [-0.15, -0.1) is 6.42 Å². The molecule has 0 radical (unpaired) electrons. The van der Waals surface area contributed by atoms with E-state index in [0.29, 0.717) is 62.9 Å². The molecule has 2 aliphatic heterocycles. The number of amides is 3. The summed E-state index contributed by atoms with van der Waals surface area (Å²) in [6, 6.07) is 13.0. The van der Waals surface area contributed by atoms with Crippen molar-refractivity contribution in [1.82, 2.24) is 14.7 Å². The van der Waals surface area contributed by atoms with Crippen LogP contribution in [0.25, 0.3) is 0 Å². The number of carbonyl (C=O) groups is 2. The Bertz CT molecular complexity index is 1190. The van der Waals surface area contributed by atoms with E-state index in [1.807, 2.05) is 42.5 Å². The summed E-state index contributed by atoms with van der Waals surface area (Å²) < 4.78 is 21.6. The number of carbonyl (C=O) groups excluding carboxylic acids is 2. The number of hydrogen-bond donors (Lipinski definition) is 0. The molecule has 0 aromatic heterocycles. The highest BCUT2D eigenvalue weighted by atomic mass is 16.5. The third-order valence-corrected chi connectivity index (χ3v) is 7.24. The van der Waals surface area contributed by atoms with Gasteiger partial charge in [0.05, 0.1) is 27.4 Å². The molecule has 2 fully saturated rings. The Hall–Kier alpha value is -3.74. The standard InChI is InChI=1S/C29H35N3O6/c1-5-16-38-25-10-9-23(19-26(25)37-4)20-30-13-11-29(12-14-30)27(33)31(28(34)32(29)15-17-35-2)21-22-7-6-8-24(18-22)36-3/h1,6-10,18-19H,11-17,20-21H2,2-4H3. The first-order valence-electron chi connectivity index (χ1n) is 12.7. The lowest BCUT2D eigenvalue weighted by Gasteiger charge is -2.42. The third-order valence-electron chi connectivity index (χ3n) is 7.24. The van der Waals surface area contributed by atoms with Gasteiger partial charge in [0.2, 0.25) is 0 Å². The first kappa shape index (κ1) is 27.3. The Kier molecular flexibility index (Phi) is 8.77. The molecule has 9 heteroatoms. The first-order valence-corrected chi connectivity index (χ1v) is 12.7. The maximum Gasteiger partial charge on any atom is 0.328 e. The number of methoxy groups -OCH3 is 3. The van der Waals surface area contributed by atoms with Crippen LogP contribution in [-0.2, 0) is 22.6 Å². The number of benzene rings is 2. The predicted molar refractivity (Wildman–Crippen MR) is 142 cm³/mol. The maximum atomic E-state index is 13.8. The summed E-state index contributed by atoms with van der Waals surface area (Å²) in [6.07, 6.45) is 6.40. The zero-order valence-corrected chi connectivity index (χ0v) is 22.3. The number of rotatable bonds is 11. The molecule has 0 unspecified atom stereocenters. The topological polar surface area (TPSA) is 80.8 Å². The Morgan fingerprint density at radius 1 is 0.947 bits per heavy atom. The van der Waals surface area contributed by atoms with Gasteiger partial charge in [-0.05, 0) is 48.2 Å². The van der Waals surface area contributed by atoms with E-state index in [0.717, 1.165) is 11.1 Å². The van der Waals surface area contributed by atoms with Crippen molar-refractivity contribution in [3.8, 4) is 29.6 Å². The molecule has 2 saturated heterocycles. The van der Waals surface area contributed by atoms with Gasteiger partial charge in [0.1, 0.15) is 17.9 Å². The van der Waals surface area contributed by atoms with Crippen LogP contribution in [0.1, 0.15) is 24.0 Å². The summed E-state index contributed by atoms with van der Waals surface area (Å²) in [5.74, 6) is 4.23. The van der Waals surface area contributed by atoms with Gasteiger partial charge in [0.15, 0.2) is 11.5 Å². The average molecular weight is 522 g/mol. The van der Waals surface area contributed by atoms with E-state index < -0.39 is 5.54 Å². The van der Waals surface area contributed by atoms with Gasteiger partial charge < -0.3 is 23.8 Å². The number of ether oxygens (including phenoxy) is 4. The Labute approximate surface area is 224 Å². The molecule has 3 amide bonds. The van der Waals surface area contributed by atoms with Crippen molar-refractivity contribution in [3.63, 3.8) is 0 Å². The molecule has 38 heavy (non-hydrogen) atoms. The molecule has 0 aliphatic carbocycles. The van der Waals surface area contributed by atoms with Crippen LogP contribution in [0.3, 0.4) is 0 Å². The number of likely N-dealkylation sites (tertiary alicyclic amines) is 1. The minimum absolute atomic E-state index is 0.141. The molecule has 2 aromatic rings. The number of nitrogens with zero attached hydrogens (tertiary/aromatic N) is 3. The quantitative estimate of drug-likeness (QED) is 0.332. The Morgan fingerprint density at radius 3 is 2.39 bits per heavy atom. The van der Waals surface area contributed by atoms with Gasteiger partial charge in [-0.1, -0.05) is 24.1 Å². The molecule has 2 heterocycles. The third kappa shape index (κ3) is 5.57. The van der Waals surface area contributed by atoms with Crippen LogP contribution < -0.4 is 14.2 Å². The van der Waals surface area contributed by atoms with E-state index in [4.69, 9.17) is 25.4 Å². The zero-order valence-electron chi connectivity index (χ0n) is 22.3. The summed E-state index contributed by atoms with van der Waals surface area (Å²) in [6.45, 7) is 3.15. The minimum atomic E-state index is -0.865. The van der Waals surface area contributed by atoms with Crippen molar-refractivity contribution in [1.29, 1.82) is 0 Å². The zero-order chi connectivity index (χ0) is 27.1. The molecule has 0 bridgehead atoms. The van der Waals surface area contributed by atoms with Crippen molar-refractivity contribution in [2.24, 2.45) is 0 Å². The van der Waals surface area contributed by atoms with Crippen LogP contribution in [0, 0.1) is 12.3 Å². The van der Waals surface area contributed by atoms with E-state index in [1.165, 1.54) is 4.90 Å².